The average molecular weight is 961 g/mol. The number of allylic oxidation sites excluding steroid dienone is 1. The van der Waals surface area contributed by atoms with Crippen molar-refractivity contribution >= 4 is 39.6 Å². The summed E-state index contributed by atoms with van der Waals surface area (Å²) in [4.78, 5) is 78.5. The Hall–Kier alpha value is -5.32. The number of carbonyl (C=O) groups is 4. The molecule has 0 radical (unpaired) electrons. The summed E-state index contributed by atoms with van der Waals surface area (Å²) in [5.74, 6) is -0.797. The Morgan fingerprint density at radius 2 is 1.91 bits per heavy atom. The summed E-state index contributed by atoms with van der Waals surface area (Å²) in [7, 11) is -0.629. The standard InChI is InChI=1S/C49H69N9O9S/c1-11-42(59)55-20-17-33(27-55)58(63)53(9)44(30(3)4)46(60)51-39-24-34-28-54(21-22-68(34,64)65)40-25-36-37(26-49(7,8)29-67-48(62)38-16-14-19-57(52-38)47(39)61)45(56(12-2)41(36)23-31(40)5)35-15-13-18-50-43(35)32(6)66-10/h1,13,15,18,25,30-34,38-39,44,52H,12,14,16-17,19-24,26-29H2,2-10H3/p+1/t31?,32-,33-,34?,38-,39?,44-/m0/s1. The fourth-order valence-corrected chi connectivity index (χ4v) is 12.5. The number of likely N-dealkylation sites (tertiary alicyclic amines) is 1. The fraction of sp³-hybridized carbons (Fsp3) is 0.653. The lowest BCUT2D eigenvalue weighted by Gasteiger charge is -2.41. The lowest BCUT2D eigenvalue weighted by atomic mass is 9.81. The molecule has 4 aliphatic heterocycles. The van der Waals surface area contributed by atoms with Gasteiger partial charge in [-0.2, -0.15) is 0 Å². The van der Waals surface area contributed by atoms with Crippen molar-refractivity contribution in [3.05, 3.63) is 51.4 Å². The van der Waals surface area contributed by atoms with E-state index >= 15 is 0 Å². The third kappa shape index (κ3) is 10.2. The van der Waals surface area contributed by atoms with Crippen molar-refractivity contribution in [2.45, 2.75) is 129 Å². The first-order chi connectivity index (χ1) is 32.2. The molecule has 3 fully saturated rings. The van der Waals surface area contributed by atoms with Gasteiger partial charge in [0.15, 0.2) is 15.9 Å². The number of terminal acetylenes is 1. The molecule has 68 heavy (non-hydrogen) atoms. The number of hydrogen-bond donors (Lipinski definition) is 2. The molecule has 18 nitrogen and oxygen atoms in total. The van der Waals surface area contributed by atoms with Gasteiger partial charge in [0.25, 0.3) is 17.9 Å². The van der Waals surface area contributed by atoms with Gasteiger partial charge in [0.2, 0.25) is 5.91 Å². The van der Waals surface area contributed by atoms with Crippen molar-refractivity contribution in [3.63, 3.8) is 0 Å². The molecule has 5 aliphatic rings. The summed E-state index contributed by atoms with van der Waals surface area (Å²) in [6, 6.07) is 0.0361. The van der Waals surface area contributed by atoms with Gasteiger partial charge in [0.05, 0.1) is 53.6 Å². The smallest absolute Gasteiger partial charge is 0.324 e. The van der Waals surface area contributed by atoms with Gasteiger partial charge in [0.1, 0.15) is 17.0 Å². The molecule has 19 heteroatoms. The maximum Gasteiger partial charge on any atom is 0.324 e. The molecule has 7 rings (SSSR count). The van der Waals surface area contributed by atoms with Crippen molar-refractivity contribution in [3.8, 4) is 23.6 Å². The minimum absolute atomic E-state index is 0.00342. The number of hydrogen-bond acceptors (Lipinski definition) is 12. The van der Waals surface area contributed by atoms with Crippen molar-refractivity contribution in [2.24, 2.45) is 17.3 Å². The quantitative estimate of drug-likeness (QED) is 0.153. The van der Waals surface area contributed by atoms with Crippen LogP contribution in [-0.4, -0.2) is 155 Å². The molecule has 370 valence electrons. The number of methoxy groups -OCH3 is 1. The van der Waals surface area contributed by atoms with Crippen molar-refractivity contribution in [1.29, 1.82) is 0 Å². The predicted octanol–water partition coefficient (Wildman–Crippen LogP) is 3.29. The second kappa shape index (κ2) is 20.3. The van der Waals surface area contributed by atoms with Crippen LogP contribution in [0.15, 0.2) is 24.0 Å². The minimum atomic E-state index is -3.79. The molecule has 2 aromatic heterocycles. The SMILES string of the molecule is C#CC(=O)N1CC[C@H]([N+](=O)N(C)[C@H](C(=O)NC2CC3CN(CCS3(=O)=O)C3=Cc4c(c(-c5cccnc5[C@H](C)OC)n(CC)c4CC3C)CC(C)(C)COC(=O)[C@@H]3CCCN(N3)C2=O)C(C)C)C1. The number of nitrogens with zero attached hydrogens (tertiary/aromatic N) is 7. The monoisotopic (exact) mass is 961 g/mol. The van der Waals surface area contributed by atoms with E-state index in [4.69, 9.17) is 20.9 Å². The normalized spacial score (nSPS) is 25.9. The van der Waals surface area contributed by atoms with Gasteiger partial charge in [0, 0.05) is 86.3 Å². The zero-order valence-corrected chi connectivity index (χ0v) is 41.9. The van der Waals surface area contributed by atoms with Crippen LogP contribution in [0.3, 0.4) is 0 Å². The number of likely N-dealkylation sites (N-methyl/N-ethyl adjacent to an activating group) is 1. The van der Waals surface area contributed by atoms with Crippen molar-refractivity contribution in [1.82, 2.24) is 40.1 Å². The Morgan fingerprint density at radius 3 is 2.60 bits per heavy atom. The number of cyclic esters (lactones) is 1. The number of esters is 1. The Morgan fingerprint density at radius 1 is 1.16 bits per heavy atom. The summed E-state index contributed by atoms with van der Waals surface area (Å²) in [6.07, 6.45) is 11.2. The number of aromatic nitrogens is 2. The molecule has 3 unspecified atom stereocenters. The Bertz CT molecular complexity index is 2480. The number of nitroso groups, excluding NO2 is 1. The van der Waals surface area contributed by atoms with Gasteiger partial charge < -0.3 is 29.2 Å². The van der Waals surface area contributed by atoms with Crippen LogP contribution >= 0.6 is 0 Å². The number of ether oxygens (including phenoxy) is 2. The first-order valence-corrected chi connectivity index (χ1v) is 25.8. The van der Waals surface area contributed by atoms with Crippen LogP contribution in [-0.2, 0) is 57.9 Å². The van der Waals surface area contributed by atoms with E-state index in [1.54, 1.807) is 27.2 Å². The molecule has 3 amide bonds. The molecule has 6 heterocycles. The molecule has 1 aliphatic carbocycles. The molecule has 2 N–H and O–H groups in total. The molecule has 3 saturated heterocycles. The van der Waals surface area contributed by atoms with Crippen LogP contribution in [0, 0.1) is 34.5 Å². The maximum absolute atomic E-state index is 14.8. The average Bonchev–Trinajstić information content (AvgIpc) is 3.92. The van der Waals surface area contributed by atoms with Gasteiger partial charge in [-0.25, -0.2) is 13.8 Å². The summed E-state index contributed by atoms with van der Waals surface area (Å²) in [5.41, 5.74) is 9.57. The molecule has 7 atom stereocenters. The summed E-state index contributed by atoms with van der Waals surface area (Å²) in [5, 5.41) is 4.42. The Balaban J connectivity index is 1.29. The molecule has 0 aromatic carbocycles. The van der Waals surface area contributed by atoms with Crippen molar-refractivity contribution in [2.75, 3.05) is 59.2 Å². The summed E-state index contributed by atoms with van der Waals surface area (Å²) < 4.78 is 42.8. The summed E-state index contributed by atoms with van der Waals surface area (Å²) in [6.45, 7) is 15.7. The van der Waals surface area contributed by atoms with E-state index in [0.29, 0.717) is 50.1 Å². The van der Waals surface area contributed by atoms with E-state index in [9.17, 15) is 32.5 Å². The van der Waals surface area contributed by atoms with Gasteiger partial charge in [-0.05, 0) is 81.6 Å². The van der Waals surface area contributed by atoms with Gasteiger partial charge in [-0.1, -0.05) is 34.6 Å². The van der Waals surface area contributed by atoms with Gasteiger partial charge in [-0.3, -0.25) is 29.2 Å². The molecular weight excluding hydrogens is 891 g/mol. The number of hydrazine groups is 2. The van der Waals surface area contributed by atoms with E-state index in [-0.39, 0.29) is 57.0 Å². The first-order valence-electron chi connectivity index (χ1n) is 24.1. The first kappa shape index (κ1) is 50.6. The highest BCUT2D eigenvalue weighted by molar-refractivity contribution is 7.92. The van der Waals surface area contributed by atoms with E-state index in [2.05, 4.69) is 66.0 Å². The fourth-order valence-electron chi connectivity index (χ4n) is 10.8. The number of rotatable bonds is 10. The highest BCUT2D eigenvalue weighted by Gasteiger charge is 2.47. The molecular formula is C49H70N9O9S+. The highest BCUT2D eigenvalue weighted by Crippen LogP contribution is 2.44. The van der Waals surface area contributed by atoms with Crippen LogP contribution in [0.1, 0.15) is 103 Å². The van der Waals surface area contributed by atoms with E-state index in [1.165, 1.54) is 22.0 Å². The molecule has 0 saturated carbocycles. The van der Waals surface area contributed by atoms with E-state index in [0.717, 1.165) is 39.5 Å². The number of sulfone groups is 1. The minimum Gasteiger partial charge on any atom is -0.464 e. The van der Waals surface area contributed by atoms with Gasteiger partial charge in [-0.15, -0.1) is 11.4 Å². The lowest BCUT2D eigenvalue weighted by molar-refractivity contribution is -0.732. The number of pyridine rings is 1. The topological polar surface area (TPSA) is 196 Å². The van der Waals surface area contributed by atoms with E-state index in [1.807, 2.05) is 13.0 Å². The van der Waals surface area contributed by atoms with Crippen LogP contribution < -0.4 is 10.7 Å². The molecule has 0 spiro atoms. The predicted molar refractivity (Wildman–Crippen MR) is 255 cm³/mol. The number of amides is 3. The number of nitrogens with one attached hydrogen (secondary N) is 2. The van der Waals surface area contributed by atoms with Crippen molar-refractivity contribution < 1.29 is 41.9 Å². The number of carbonyl (C=O) groups excluding carboxylic acids is 4. The third-order valence-electron chi connectivity index (χ3n) is 14.5. The largest absolute Gasteiger partial charge is 0.464 e. The molecule has 2 aromatic rings. The Labute approximate surface area is 400 Å². The lowest BCUT2D eigenvalue weighted by Crippen LogP contribution is -2.63. The molecule has 6 bridgehead atoms. The van der Waals surface area contributed by atoms with Crippen LogP contribution in [0.4, 0.5) is 0 Å². The van der Waals surface area contributed by atoms with E-state index < -0.39 is 74.3 Å². The van der Waals surface area contributed by atoms with Gasteiger partial charge >= 0.3 is 5.97 Å². The van der Waals surface area contributed by atoms with Crippen LogP contribution in [0.5, 0.6) is 0 Å². The Kier molecular flexibility index (Phi) is 15.1. The second-order valence-electron chi connectivity index (χ2n) is 20.3. The van der Waals surface area contributed by atoms with Crippen LogP contribution in [0.25, 0.3) is 17.3 Å². The third-order valence-corrected chi connectivity index (χ3v) is 16.6. The highest BCUT2D eigenvalue weighted by atomic mass is 32.2. The number of fused-ring (bicyclic) bond motifs is 5. The second-order valence-corrected chi connectivity index (χ2v) is 22.7. The zero-order chi connectivity index (χ0) is 49.4. The maximum atomic E-state index is 14.8. The van der Waals surface area contributed by atoms with Crippen LogP contribution in [0.2, 0.25) is 0 Å². The summed E-state index contributed by atoms with van der Waals surface area (Å²) >= 11 is 0. The zero-order valence-electron chi connectivity index (χ0n) is 41.1.